The molecule has 0 bridgehead atoms. The van der Waals surface area contributed by atoms with Crippen LogP contribution in [0.25, 0.3) is 43.1 Å². The summed E-state index contributed by atoms with van der Waals surface area (Å²) in [6, 6.07) is 91.8. The summed E-state index contributed by atoms with van der Waals surface area (Å²) in [5.41, 5.74) is 30.4. The number of rotatable bonds is 4. The van der Waals surface area contributed by atoms with Crippen molar-refractivity contribution in [2.24, 2.45) is 0 Å². The van der Waals surface area contributed by atoms with Gasteiger partial charge in [0.15, 0.2) is 0 Å². The van der Waals surface area contributed by atoms with Crippen LogP contribution in [0.2, 0.25) is 0 Å². The Labute approximate surface area is 471 Å². The van der Waals surface area contributed by atoms with Gasteiger partial charge in [-0.3, -0.25) is 0 Å². The van der Waals surface area contributed by atoms with Crippen molar-refractivity contribution < 1.29 is 0 Å². The Kier molecular flexibility index (Phi) is 8.68. The largest absolute Gasteiger partial charge is 0.309 e. The third-order valence-corrected chi connectivity index (χ3v) is 21.0. The van der Waals surface area contributed by atoms with Crippen LogP contribution in [0.1, 0.15) is 0 Å². The van der Waals surface area contributed by atoms with Gasteiger partial charge < -0.3 is 19.6 Å². The lowest BCUT2D eigenvalue weighted by Gasteiger charge is -2.52. The quantitative estimate of drug-likeness (QED) is 0.162. The zero-order chi connectivity index (χ0) is 51.2. The number of thiophene rings is 1. The first kappa shape index (κ1) is 43.2. The summed E-state index contributed by atoms with van der Waals surface area (Å²) in [7, 11) is 0. The zero-order valence-corrected chi connectivity index (χ0v) is 44.7. The molecule has 4 nitrogen and oxygen atoms in total. The van der Waals surface area contributed by atoms with Crippen LogP contribution in [-0.4, -0.2) is 13.4 Å². The summed E-state index contributed by atoms with van der Waals surface area (Å²) < 4.78 is 0. The van der Waals surface area contributed by atoms with E-state index in [4.69, 9.17) is 0 Å². The Bertz CT molecular complexity index is 4660. The number of hydrogen-bond donors (Lipinski definition) is 0. The molecule has 19 rings (SSSR count). The van der Waals surface area contributed by atoms with Crippen LogP contribution in [-0.2, 0) is 0 Å². The molecule has 0 amide bonds. The molecule has 0 fully saturated rings. The fourth-order valence-electron chi connectivity index (χ4n) is 14.4. The summed E-state index contributed by atoms with van der Waals surface area (Å²) in [4.78, 5) is 18.4. The molecule has 1 aromatic heterocycles. The van der Waals surface area contributed by atoms with Gasteiger partial charge >= 0.3 is 0 Å². The van der Waals surface area contributed by atoms with Gasteiger partial charge in [0.2, 0.25) is 0 Å². The maximum atomic E-state index is 2.75. The molecule has 0 N–H and O–H groups in total. The van der Waals surface area contributed by atoms with Crippen molar-refractivity contribution in [1.29, 1.82) is 0 Å². The molecule has 0 saturated heterocycles. The number of anilines is 12. The molecule has 11 aromatic carbocycles. The molecule has 0 radical (unpaired) electrons. The maximum Gasteiger partial charge on any atom is 0.252 e. The fraction of sp³-hybridized carbons (Fsp3) is 0. The summed E-state index contributed by atoms with van der Waals surface area (Å²) in [6.07, 6.45) is 0. The van der Waals surface area contributed by atoms with Gasteiger partial charge in [-0.2, -0.15) is 0 Å². The molecule has 0 atom stereocenters. The second kappa shape index (κ2) is 15.9. The molecule has 0 spiro atoms. The van der Waals surface area contributed by atoms with Crippen molar-refractivity contribution in [3.63, 3.8) is 0 Å². The van der Waals surface area contributed by atoms with Gasteiger partial charge in [0.05, 0.1) is 55.3 Å². The van der Waals surface area contributed by atoms with Crippen molar-refractivity contribution in [2.45, 2.75) is 19.6 Å². The van der Waals surface area contributed by atoms with E-state index in [1.807, 2.05) is 34.9 Å². The van der Waals surface area contributed by atoms with E-state index in [1.54, 1.807) is 0 Å². The number of para-hydroxylation sites is 2. The second-order valence-corrected chi connectivity index (χ2v) is 24.6. The van der Waals surface area contributed by atoms with Crippen molar-refractivity contribution in [3.8, 4) is 43.1 Å². The van der Waals surface area contributed by atoms with Crippen molar-refractivity contribution in [3.05, 3.63) is 243 Å². The van der Waals surface area contributed by atoms with Gasteiger partial charge in [0.25, 0.3) is 13.4 Å². The Hall–Kier alpha value is -8.85. The Morgan fingerprint density at radius 3 is 1.19 bits per heavy atom. The fourth-order valence-corrected chi connectivity index (χ4v) is 17.8. The van der Waals surface area contributed by atoms with E-state index in [-0.39, 0.29) is 13.4 Å². The van der Waals surface area contributed by atoms with Gasteiger partial charge in [0, 0.05) is 42.3 Å². The molecule has 9 heteroatoms. The lowest BCUT2D eigenvalue weighted by atomic mass is 9.30. The van der Waals surface area contributed by atoms with Crippen molar-refractivity contribution in [1.82, 2.24) is 0 Å². The van der Waals surface area contributed by atoms with E-state index in [9.17, 15) is 0 Å². The molecule has 7 aliphatic heterocycles. The highest BCUT2D eigenvalue weighted by Crippen LogP contribution is 2.66. The molecular weight excluding hydrogens is 1010 g/mol. The van der Waals surface area contributed by atoms with Gasteiger partial charge in [-0.05, 0) is 127 Å². The van der Waals surface area contributed by atoms with E-state index in [2.05, 4.69) is 262 Å². The minimum absolute atomic E-state index is 0.0455. The molecule has 79 heavy (non-hydrogen) atoms. The van der Waals surface area contributed by atoms with E-state index < -0.39 is 0 Å². The number of nitrogens with zero attached hydrogens (tertiary/aromatic N) is 4. The van der Waals surface area contributed by atoms with Gasteiger partial charge in [0.1, 0.15) is 0 Å². The molecule has 8 heterocycles. The molecule has 0 unspecified atom stereocenters. The van der Waals surface area contributed by atoms with Gasteiger partial charge in [-0.25, -0.2) is 0 Å². The van der Waals surface area contributed by atoms with Crippen LogP contribution in [0.5, 0.6) is 0 Å². The third kappa shape index (κ3) is 5.69. The van der Waals surface area contributed by atoms with E-state index in [0.717, 1.165) is 0 Å². The molecule has 0 saturated carbocycles. The van der Waals surface area contributed by atoms with E-state index in [0.29, 0.717) is 0 Å². The van der Waals surface area contributed by atoms with Crippen LogP contribution >= 0.6 is 34.9 Å². The SMILES string of the molecule is c1ccc(-c2ccc3c(c2)B2c4ccc5c6c4N(c4ccc7c(c42)N3c2ccccc2S7)c2c(-c3ccccc3)sc(-c3ccccc3)c2N6c2ccc3c4c2B5c2ccc(-c5ccccc5)cc2N4c2ccccc2S3)cc1. The van der Waals surface area contributed by atoms with Crippen LogP contribution in [0, 0.1) is 0 Å². The Balaban J connectivity index is 0.960. The average Bonchev–Trinajstić information content (AvgIpc) is 3.55. The normalized spacial score (nSPS) is 14.3. The maximum absolute atomic E-state index is 2.75. The monoisotopic (exact) mass is 1050 g/mol. The predicted molar refractivity (Wildman–Crippen MR) is 336 cm³/mol. The van der Waals surface area contributed by atoms with Crippen LogP contribution in [0.4, 0.5) is 68.2 Å². The predicted octanol–water partition coefficient (Wildman–Crippen LogP) is 15.8. The molecule has 364 valence electrons. The summed E-state index contributed by atoms with van der Waals surface area (Å²) in [5.74, 6) is 0. The molecule has 12 aromatic rings. The van der Waals surface area contributed by atoms with Gasteiger partial charge in [-0.1, -0.05) is 206 Å². The first-order valence-corrected chi connectivity index (χ1v) is 29.6. The summed E-state index contributed by atoms with van der Waals surface area (Å²) >= 11 is 5.75. The minimum atomic E-state index is -0.0570. The van der Waals surface area contributed by atoms with Crippen LogP contribution in [0.3, 0.4) is 0 Å². The molecule has 7 aliphatic rings. The van der Waals surface area contributed by atoms with Crippen molar-refractivity contribution in [2.75, 3.05) is 19.6 Å². The molecular formula is C70H40B2N4S3. The smallest absolute Gasteiger partial charge is 0.252 e. The Morgan fingerprint density at radius 1 is 0.241 bits per heavy atom. The summed E-state index contributed by atoms with van der Waals surface area (Å²) in [6.45, 7) is -0.102. The standard InChI is InChI=1S/C70H40B2N4S3/c1-5-17-41(18-6-1)45-30-34-51-50(39-45)72-49-33-32-48-63-64(49)76(55-36-37-59-65(62(55)72)73(51)52-25-13-15-27-57(52)77-59)68-67(69(43-21-9-3-10-22-43)79-70(68)44-23-11-4-12-24-44)75(63)54-35-38-60-66-61(54)71(48)47-31-29-46(42-19-7-2-8-20-42)40-56(47)74(66)53-26-14-16-28-58(53)78-60/h1-40H. The highest BCUT2D eigenvalue weighted by atomic mass is 32.2. The topological polar surface area (TPSA) is 13.0 Å². The molecule has 0 aliphatic carbocycles. The minimum Gasteiger partial charge on any atom is -0.309 e. The van der Waals surface area contributed by atoms with Gasteiger partial charge in [-0.15, -0.1) is 11.3 Å². The van der Waals surface area contributed by atoms with Crippen LogP contribution < -0.4 is 52.4 Å². The number of fused-ring (bicyclic) bond motifs is 17. The van der Waals surface area contributed by atoms with Crippen LogP contribution in [0.15, 0.2) is 262 Å². The van der Waals surface area contributed by atoms with E-state index >= 15 is 0 Å². The lowest BCUT2D eigenvalue weighted by Crippen LogP contribution is -2.65. The highest BCUT2D eigenvalue weighted by molar-refractivity contribution is 8.00. The first-order valence-electron chi connectivity index (χ1n) is 27.1. The Morgan fingerprint density at radius 2 is 0.658 bits per heavy atom. The highest BCUT2D eigenvalue weighted by Gasteiger charge is 2.54. The van der Waals surface area contributed by atoms with E-state index in [1.165, 1.54) is 164 Å². The number of hydrogen-bond acceptors (Lipinski definition) is 7. The second-order valence-electron chi connectivity index (χ2n) is 21.4. The average molecular weight is 1050 g/mol. The van der Waals surface area contributed by atoms with Crippen molar-refractivity contribution >= 4 is 149 Å². The number of benzene rings is 11. The first-order chi connectivity index (χ1) is 39.2. The zero-order valence-electron chi connectivity index (χ0n) is 42.3. The summed E-state index contributed by atoms with van der Waals surface area (Å²) in [5, 5.41) is 0. The lowest BCUT2D eigenvalue weighted by molar-refractivity contribution is 1.14. The third-order valence-electron chi connectivity index (χ3n) is 17.5.